The Labute approximate surface area is 240 Å². The van der Waals surface area contributed by atoms with Gasteiger partial charge in [0.1, 0.15) is 12.1 Å². The van der Waals surface area contributed by atoms with E-state index in [1.807, 2.05) is 0 Å². The highest BCUT2D eigenvalue weighted by Gasteiger charge is 2.37. The van der Waals surface area contributed by atoms with Gasteiger partial charge in [-0.05, 0) is 104 Å². The average molecular weight is 569 g/mol. The van der Waals surface area contributed by atoms with Crippen molar-refractivity contribution in [1.29, 1.82) is 0 Å². The first-order valence-corrected chi connectivity index (χ1v) is 15.3. The second kappa shape index (κ2) is 17.6. The van der Waals surface area contributed by atoms with E-state index in [0.29, 0.717) is 11.8 Å². The van der Waals surface area contributed by atoms with Crippen molar-refractivity contribution in [2.45, 2.75) is 129 Å². The maximum atomic E-state index is 12.5. The van der Waals surface area contributed by atoms with Crippen LogP contribution in [0.2, 0.25) is 0 Å². The Morgan fingerprint density at radius 1 is 0.675 bits per heavy atom. The summed E-state index contributed by atoms with van der Waals surface area (Å²) in [5.74, 6) is -0.324. The Morgan fingerprint density at radius 3 is 1.62 bits per heavy atom. The van der Waals surface area contributed by atoms with Gasteiger partial charge in [-0.1, -0.05) is 0 Å². The number of ether oxygens (including phenoxy) is 4. The minimum Gasteiger partial charge on any atom is -0.466 e. The number of hydrogen-bond acceptors (Lipinski definition) is 10. The van der Waals surface area contributed by atoms with Crippen LogP contribution in [0.4, 0.5) is 0 Å². The van der Waals surface area contributed by atoms with Crippen LogP contribution in [-0.4, -0.2) is 74.0 Å². The maximum Gasteiger partial charge on any atom is 0.323 e. The molecular formula is C30H52N2O8. The predicted octanol–water partition coefficient (Wildman–Crippen LogP) is 3.83. The van der Waals surface area contributed by atoms with Gasteiger partial charge in [-0.25, -0.2) is 0 Å². The van der Waals surface area contributed by atoms with Crippen LogP contribution < -0.4 is 10.6 Å². The molecular weight excluding hydrogens is 516 g/mol. The molecule has 0 bridgehead atoms. The molecule has 0 amide bonds. The fourth-order valence-corrected chi connectivity index (χ4v) is 6.10. The van der Waals surface area contributed by atoms with Crippen molar-refractivity contribution in [3.05, 3.63) is 0 Å². The smallest absolute Gasteiger partial charge is 0.323 e. The van der Waals surface area contributed by atoms with E-state index in [0.717, 1.165) is 51.4 Å². The Balaban J connectivity index is 1.81. The molecule has 10 heteroatoms. The molecule has 2 rings (SSSR count). The van der Waals surface area contributed by atoms with E-state index < -0.39 is 36.0 Å². The first-order chi connectivity index (χ1) is 19.1. The number of carbonyl (C=O) groups excluding carboxylic acids is 4. The minimum atomic E-state index is -0.703. The van der Waals surface area contributed by atoms with Gasteiger partial charge >= 0.3 is 23.9 Å². The Kier molecular flexibility index (Phi) is 14.9. The van der Waals surface area contributed by atoms with Crippen molar-refractivity contribution in [2.24, 2.45) is 11.8 Å². The fraction of sp³-hybridized carbons (Fsp3) is 0.867. The number of rotatable bonds is 16. The van der Waals surface area contributed by atoms with Crippen LogP contribution in [0.3, 0.4) is 0 Å². The molecule has 2 aliphatic rings. The maximum absolute atomic E-state index is 12.5. The van der Waals surface area contributed by atoms with E-state index in [-0.39, 0.29) is 50.8 Å². The van der Waals surface area contributed by atoms with Gasteiger partial charge < -0.3 is 24.3 Å². The Morgan fingerprint density at radius 2 is 1.12 bits per heavy atom. The second-order valence-corrected chi connectivity index (χ2v) is 11.4. The lowest BCUT2D eigenvalue weighted by Crippen LogP contribution is -2.54. The molecule has 2 N–H and O–H groups in total. The van der Waals surface area contributed by atoms with Crippen LogP contribution >= 0.6 is 0 Å². The number of nitrogens with one attached hydrogen (secondary N) is 2. The van der Waals surface area contributed by atoms with Crippen molar-refractivity contribution in [2.75, 3.05) is 26.4 Å². The lowest BCUT2D eigenvalue weighted by molar-refractivity contribution is -0.153. The molecule has 230 valence electrons. The third-order valence-electron chi connectivity index (χ3n) is 8.18. The summed E-state index contributed by atoms with van der Waals surface area (Å²) in [5.41, 5.74) is -0.233. The van der Waals surface area contributed by atoms with E-state index in [2.05, 4.69) is 17.6 Å². The highest BCUT2D eigenvalue weighted by molar-refractivity contribution is 5.83. The van der Waals surface area contributed by atoms with Gasteiger partial charge in [0.15, 0.2) is 0 Å². The van der Waals surface area contributed by atoms with Crippen molar-refractivity contribution >= 4 is 23.9 Å². The zero-order valence-corrected chi connectivity index (χ0v) is 25.3. The van der Waals surface area contributed by atoms with Gasteiger partial charge in [0.25, 0.3) is 0 Å². The lowest BCUT2D eigenvalue weighted by atomic mass is 9.72. The molecule has 0 aliphatic heterocycles. The van der Waals surface area contributed by atoms with Crippen LogP contribution in [0, 0.1) is 11.8 Å². The normalized spacial score (nSPS) is 26.3. The van der Waals surface area contributed by atoms with Gasteiger partial charge in [-0.15, -0.1) is 0 Å². The monoisotopic (exact) mass is 568 g/mol. The third-order valence-corrected chi connectivity index (χ3v) is 8.18. The van der Waals surface area contributed by atoms with E-state index >= 15 is 0 Å². The number of carbonyl (C=O) groups is 4. The summed E-state index contributed by atoms with van der Waals surface area (Å²) in [6, 6.07) is -1.20. The van der Waals surface area contributed by atoms with Gasteiger partial charge in [-0.3, -0.25) is 24.5 Å². The van der Waals surface area contributed by atoms with E-state index in [4.69, 9.17) is 18.9 Å². The summed E-state index contributed by atoms with van der Waals surface area (Å²) in [4.78, 5) is 49.0. The summed E-state index contributed by atoms with van der Waals surface area (Å²) in [6.07, 6.45) is 9.24. The topological polar surface area (TPSA) is 129 Å². The molecule has 0 aromatic rings. The molecule has 2 saturated carbocycles. The zero-order chi connectivity index (χ0) is 29.5. The van der Waals surface area contributed by atoms with Crippen molar-refractivity contribution in [1.82, 2.24) is 10.6 Å². The van der Waals surface area contributed by atoms with Gasteiger partial charge in [0.05, 0.1) is 39.3 Å². The molecule has 40 heavy (non-hydrogen) atoms. The molecule has 0 aromatic heterocycles. The standard InChI is InChI=1S/C30H52N2O8/c1-6-37-26(33)19-24(28(35)39-8-3)31-23-12-10-21(11-13-23)18-22-14-16-30(5,17-15-22)32-25(29(36)40-9-4)20-27(34)38-7-2/h21-25,31-32H,6-20H2,1-5H3. The molecule has 0 heterocycles. The minimum absolute atomic E-state index is 0.0156. The molecule has 2 aliphatic carbocycles. The molecule has 0 radical (unpaired) electrons. The Hall–Kier alpha value is -2.20. The first kappa shape index (κ1) is 34.0. The third kappa shape index (κ3) is 11.7. The van der Waals surface area contributed by atoms with Crippen molar-refractivity contribution in [3.8, 4) is 0 Å². The highest BCUT2D eigenvalue weighted by atomic mass is 16.5. The van der Waals surface area contributed by atoms with E-state index in [1.165, 1.54) is 6.42 Å². The van der Waals surface area contributed by atoms with Gasteiger partial charge in [-0.2, -0.15) is 0 Å². The number of hydrogen-bond donors (Lipinski definition) is 2. The van der Waals surface area contributed by atoms with Gasteiger partial charge in [0, 0.05) is 11.6 Å². The van der Waals surface area contributed by atoms with Crippen LogP contribution in [0.5, 0.6) is 0 Å². The first-order valence-electron chi connectivity index (χ1n) is 15.3. The summed E-state index contributed by atoms with van der Waals surface area (Å²) in [7, 11) is 0. The van der Waals surface area contributed by atoms with Crippen LogP contribution in [-0.2, 0) is 38.1 Å². The predicted molar refractivity (Wildman–Crippen MR) is 150 cm³/mol. The largest absolute Gasteiger partial charge is 0.466 e. The van der Waals surface area contributed by atoms with E-state index in [9.17, 15) is 19.2 Å². The summed E-state index contributed by atoms with van der Waals surface area (Å²) >= 11 is 0. The number of esters is 4. The lowest BCUT2D eigenvalue weighted by Gasteiger charge is -2.41. The van der Waals surface area contributed by atoms with Crippen LogP contribution in [0.15, 0.2) is 0 Å². The summed E-state index contributed by atoms with van der Waals surface area (Å²) in [6.45, 7) is 10.3. The van der Waals surface area contributed by atoms with Crippen molar-refractivity contribution in [3.63, 3.8) is 0 Å². The van der Waals surface area contributed by atoms with Crippen molar-refractivity contribution < 1.29 is 38.1 Å². The average Bonchev–Trinajstić information content (AvgIpc) is 2.91. The highest BCUT2D eigenvalue weighted by Crippen LogP contribution is 2.39. The van der Waals surface area contributed by atoms with E-state index in [1.54, 1.807) is 27.7 Å². The summed E-state index contributed by atoms with van der Waals surface area (Å²) < 4.78 is 20.5. The SMILES string of the molecule is CCOC(=O)CC(NC1CCC(CC2CCC(C)(NC(CC(=O)OCC)C(=O)OCC)CC2)CC1)C(=O)OCC. The molecule has 2 fully saturated rings. The molecule has 0 saturated heterocycles. The zero-order valence-electron chi connectivity index (χ0n) is 25.3. The van der Waals surface area contributed by atoms with Gasteiger partial charge in [0.2, 0.25) is 0 Å². The summed E-state index contributed by atoms with van der Waals surface area (Å²) in [5, 5.41) is 6.81. The molecule has 2 atom stereocenters. The fourth-order valence-electron chi connectivity index (χ4n) is 6.10. The molecule has 10 nitrogen and oxygen atoms in total. The molecule has 0 spiro atoms. The second-order valence-electron chi connectivity index (χ2n) is 11.4. The molecule has 0 aromatic carbocycles. The molecule has 2 unspecified atom stereocenters. The van der Waals surface area contributed by atoms with Crippen LogP contribution in [0.25, 0.3) is 0 Å². The Bertz CT molecular complexity index is 804. The van der Waals surface area contributed by atoms with Crippen LogP contribution in [0.1, 0.15) is 105 Å². The quantitative estimate of drug-likeness (QED) is 0.209.